The van der Waals surface area contributed by atoms with E-state index in [2.05, 4.69) is 0 Å². The molecule has 0 saturated heterocycles. The van der Waals surface area contributed by atoms with E-state index in [-0.39, 0.29) is 0 Å². The third kappa shape index (κ3) is 3.19. The molecule has 0 amide bonds. The summed E-state index contributed by atoms with van der Waals surface area (Å²) in [7, 11) is 10.2. The van der Waals surface area contributed by atoms with Gasteiger partial charge >= 0.3 is 51.7 Å². The van der Waals surface area contributed by atoms with Gasteiger partial charge in [0.1, 0.15) is 0 Å². The molecule has 0 aromatic heterocycles. The van der Waals surface area contributed by atoms with Crippen LogP contribution in [0.5, 0.6) is 0 Å². The van der Waals surface area contributed by atoms with Crippen molar-refractivity contribution in [2.24, 2.45) is 0 Å². The molecular weight excluding hydrogens is 233 g/mol. The van der Waals surface area contributed by atoms with Crippen molar-refractivity contribution in [3.63, 3.8) is 0 Å². The molecule has 0 aliphatic carbocycles. The van der Waals surface area contributed by atoms with Crippen LogP contribution in [0.15, 0.2) is 0 Å². The molecular formula is C2H2Cl2O2Pd. The minimum absolute atomic E-state index is 0.306. The third-order valence-corrected chi connectivity index (χ3v) is 2.51. The Balaban J connectivity index is 3.82. The molecule has 0 saturated carbocycles. The zero-order valence-electron chi connectivity index (χ0n) is 3.04. The molecule has 0 spiro atoms. The Bertz CT molecular complexity index is 81.7. The van der Waals surface area contributed by atoms with Gasteiger partial charge in [-0.3, -0.25) is 0 Å². The summed E-state index contributed by atoms with van der Waals surface area (Å²) >= 11 is -3.17. The van der Waals surface area contributed by atoms with Gasteiger partial charge in [0, 0.05) is 0 Å². The average molecular weight is 235 g/mol. The SMILES string of the molecule is O=[CH][Pd]([Cl])([Cl])[CH]=O. The number of carbonyl (C=O) groups is 2. The van der Waals surface area contributed by atoms with Gasteiger partial charge in [-0.2, -0.15) is 0 Å². The van der Waals surface area contributed by atoms with Crippen molar-refractivity contribution >= 4 is 28.6 Å². The summed E-state index contributed by atoms with van der Waals surface area (Å²) in [6.45, 7) is 0. The maximum atomic E-state index is 9.63. The molecule has 0 rings (SSSR count). The zero-order chi connectivity index (χ0) is 5.91. The van der Waals surface area contributed by atoms with Crippen LogP contribution in [0.4, 0.5) is 0 Å². The van der Waals surface area contributed by atoms with Crippen LogP contribution in [0.2, 0.25) is 0 Å². The Morgan fingerprint density at radius 2 is 1.43 bits per heavy atom. The van der Waals surface area contributed by atoms with Crippen molar-refractivity contribution in [2.75, 3.05) is 0 Å². The first-order valence-corrected chi connectivity index (χ1v) is 6.87. The summed E-state index contributed by atoms with van der Waals surface area (Å²) in [5.74, 6) is 0. The number of carbonyl (C=O) groups excluding carboxylic acids is 2. The summed E-state index contributed by atoms with van der Waals surface area (Å²) in [6.07, 6.45) is 0. The van der Waals surface area contributed by atoms with Crippen molar-refractivity contribution in [1.29, 1.82) is 0 Å². The molecule has 0 radical (unpaired) electrons. The fourth-order valence-corrected chi connectivity index (χ4v) is 0.104. The third-order valence-electron chi connectivity index (χ3n) is 0.199. The second-order valence-electron chi connectivity index (χ2n) is 0.576. The number of halogens is 2. The minimum atomic E-state index is -3.17. The predicted octanol–water partition coefficient (Wildman–Crippen LogP) is 0.828. The van der Waals surface area contributed by atoms with Crippen LogP contribution in [0.3, 0.4) is 0 Å². The predicted molar refractivity (Wildman–Crippen MR) is 25.2 cm³/mol. The summed E-state index contributed by atoms with van der Waals surface area (Å²) in [5, 5.41) is 0. The van der Waals surface area contributed by atoms with E-state index in [0.29, 0.717) is 9.52 Å². The monoisotopic (exact) mass is 234 g/mol. The van der Waals surface area contributed by atoms with E-state index in [1.807, 2.05) is 0 Å². The second-order valence-corrected chi connectivity index (χ2v) is 8.81. The molecule has 0 aromatic rings. The summed E-state index contributed by atoms with van der Waals surface area (Å²) in [4.78, 5) is 19.3. The summed E-state index contributed by atoms with van der Waals surface area (Å²) < 4.78 is 0.612. The molecule has 0 heterocycles. The quantitative estimate of drug-likeness (QED) is 0.525. The van der Waals surface area contributed by atoms with Crippen molar-refractivity contribution in [3.05, 3.63) is 0 Å². The molecule has 46 valence electrons. The molecule has 0 bridgehead atoms. The van der Waals surface area contributed by atoms with Gasteiger partial charge in [0.15, 0.2) is 0 Å². The molecule has 0 atom stereocenters. The summed E-state index contributed by atoms with van der Waals surface area (Å²) in [6, 6.07) is 0. The van der Waals surface area contributed by atoms with Crippen LogP contribution in [-0.4, -0.2) is 9.52 Å². The van der Waals surface area contributed by atoms with Crippen LogP contribution in [-0.2, 0) is 23.1 Å². The Morgan fingerprint density at radius 3 is 1.43 bits per heavy atom. The molecule has 0 fully saturated rings. The van der Waals surface area contributed by atoms with Crippen LogP contribution in [0, 0.1) is 0 Å². The van der Waals surface area contributed by atoms with Gasteiger partial charge < -0.3 is 0 Å². The Labute approximate surface area is 51.8 Å². The first-order valence-electron chi connectivity index (χ1n) is 1.08. The van der Waals surface area contributed by atoms with Gasteiger partial charge in [-0.1, -0.05) is 0 Å². The zero-order valence-corrected chi connectivity index (χ0v) is 6.11. The molecule has 7 heavy (non-hydrogen) atoms. The van der Waals surface area contributed by atoms with E-state index in [1.165, 1.54) is 0 Å². The Hall–Kier alpha value is 0.582. The van der Waals surface area contributed by atoms with Crippen molar-refractivity contribution in [3.8, 4) is 0 Å². The fraction of sp³-hybridized carbons (Fsp3) is 0. The van der Waals surface area contributed by atoms with Gasteiger partial charge in [0.05, 0.1) is 0 Å². The number of rotatable bonds is 2. The molecule has 0 aliphatic rings. The average Bonchev–Trinajstić information content (AvgIpc) is 1.68. The van der Waals surface area contributed by atoms with E-state index in [0.717, 1.165) is 0 Å². The van der Waals surface area contributed by atoms with Crippen LogP contribution in [0.25, 0.3) is 0 Å². The van der Waals surface area contributed by atoms with E-state index in [1.54, 1.807) is 0 Å². The van der Waals surface area contributed by atoms with E-state index >= 15 is 0 Å². The van der Waals surface area contributed by atoms with E-state index in [9.17, 15) is 9.59 Å². The van der Waals surface area contributed by atoms with Crippen LogP contribution < -0.4 is 0 Å². The molecule has 0 aliphatic heterocycles. The number of hydrogen-bond acceptors (Lipinski definition) is 2. The van der Waals surface area contributed by atoms with Crippen molar-refractivity contribution < 1.29 is 23.1 Å². The molecule has 5 heteroatoms. The van der Waals surface area contributed by atoms with E-state index < -0.39 is 13.5 Å². The van der Waals surface area contributed by atoms with Gasteiger partial charge in [-0.25, -0.2) is 0 Å². The van der Waals surface area contributed by atoms with Gasteiger partial charge in [0.2, 0.25) is 0 Å². The van der Waals surface area contributed by atoms with Crippen LogP contribution >= 0.6 is 19.1 Å². The molecule has 2 nitrogen and oxygen atoms in total. The van der Waals surface area contributed by atoms with Crippen molar-refractivity contribution in [2.45, 2.75) is 0 Å². The van der Waals surface area contributed by atoms with Crippen LogP contribution in [0.1, 0.15) is 0 Å². The normalized spacial score (nSPS) is 12.9. The van der Waals surface area contributed by atoms with E-state index in [4.69, 9.17) is 19.1 Å². The topological polar surface area (TPSA) is 34.1 Å². The van der Waals surface area contributed by atoms with Crippen molar-refractivity contribution in [1.82, 2.24) is 0 Å². The standard InChI is InChI=1S/2CHO.2ClH.Pd/c2*1-2;;;/h2*1H;2*1H;/q;;;;+2/p-2. The second kappa shape index (κ2) is 2.78. The molecule has 0 unspecified atom stereocenters. The van der Waals surface area contributed by atoms with Gasteiger partial charge in [-0.15, -0.1) is 0 Å². The fourth-order valence-electron chi connectivity index (χ4n) is 0.0176. The first-order chi connectivity index (χ1) is 3.12. The number of hydrogen-bond donors (Lipinski definition) is 0. The Kier molecular flexibility index (Phi) is 3.02. The van der Waals surface area contributed by atoms with Gasteiger partial charge in [-0.05, 0) is 0 Å². The first kappa shape index (κ1) is 7.58. The Morgan fingerprint density at radius 1 is 1.14 bits per heavy atom. The van der Waals surface area contributed by atoms with Gasteiger partial charge in [0.25, 0.3) is 0 Å². The maximum absolute atomic E-state index is 9.63. The molecule has 0 N–H and O–H groups in total. The molecule has 0 aromatic carbocycles. The summed E-state index contributed by atoms with van der Waals surface area (Å²) in [5.41, 5.74) is 0.